The number of carbonyl (C=O) groups excluding carboxylic acids is 1. The largest absolute Gasteiger partial charge is 0.573 e. The molecular formula is C24H22F3N3O5. The molecule has 0 unspecified atom stereocenters. The number of pyridine rings is 1. The highest BCUT2D eigenvalue weighted by molar-refractivity contribution is 6.01. The van der Waals surface area contributed by atoms with Crippen LogP contribution < -0.4 is 20.1 Å². The Bertz CT molecular complexity index is 1240. The van der Waals surface area contributed by atoms with Crippen LogP contribution in [0.3, 0.4) is 0 Å². The van der Waals surface area contributed by atoms with Crippen LogP contribution >= 0.6 is 0 Å². The van der Waals surface area contributed by atoms with Gasteiger partial charge < -0.3 is 25.2 Å². The lowest BCUT2D eigenvalue weighted by molar-refractivity contribution is -0.274. The second-order valence-corrected chi connectivity index (χ2v) is 8.35. The van der Waals surface area contributed by atoms with E-state index in [-0.39, 0.29) is 22.7 Å². The molecule has 0 aliphatic rings. The molecule has 184 valence electrons. The van der Waals surface area contributed by atoms with Gasteiger partial charge >= 0.3 is 18.4 Å². The van der Waals surface area contributed by atoms with E-state index in [2.05, 4.69) is 20.4 Å². The average Bonchev–Trinajstić information content (AvgIpc) is 2.74. The molecule has 11 heteroatoms. The number of nitrogens with zero attached hydrogens (tertiary/aromatic N) is 1. The molecule has 0 bridgehead atoms. The predicted octanol–water partition coefficient (Wildman–Crippen LogP) is 6.41. The lowest BCUT2D eigenvalue weighted by Gasteiger charge is -2.22. The van der Waals surface area contributed by atoms with Gasteiger partial charge in [-0.15, -0.1) is 13.2 Å². The molecular weight excluding hydrogens is 467 g/mol. The fourth-order valence-corrected chi connectivity index (χ4v) is 3.12. The van der Waals surface area contributed by atoms with Crippen LogP contribution in [-0.2, 0) is 5.41 Å². The maximum Gasteiger partial charge on any atom is 0.573 e. The SMILES string of the molecule is CC(C)(C)c1ccccc1Oc1ncccc1NC(=O)Nc1ccc(OC(F)(F)F)c(C(=O)O)c1. The number of alkyl halides is 3. The third-order valence-corrected chi connectivity index (χ3v) is 4.61. The van der Waals surface area contributed by atoms with Crippen molar-refractivity contribution >= 4 is 23.4 Å². The fraction of sp³-hybridized carbons (Fsp3) is 0.208. The minimum absolute atomic E-state index is 0.0705. The van der Waals surface area contributed by atoms with Gasteiger partial charge in [0.15, 0.2) is 0 Å². The molecule has 1 aromatic heterocycles. The van der Waals surface area contributed by atoms with Gasteiger partial charge in [-0.25, -0.2) is 14.6 Å². The molecule has 2 aromatic carbocycles. The Morgan fingerprint density at radius 1 is 0.943 bits per heavy atom. The van der Waals surface area contributed by atoms with Crippen LogP contribution in [0.25, 0.3) is 0 Å². The van der Waals surface area contributed by atoms with Crippen molar-refractivity contribution in [2.24, 2.45) is 0 Å². The van der Waals surface area contributed by atoms with Crippen LogP contribution in [-0.4, -0.2) is 28.5 Å². The molecule has 0 saturated heterocycles. The molecule has 0 fully saturated rings. The summed E-state index contributed by atoms with van der Waals surface area (Å²) >= 11 is 0. The van der Waals surface area contributed by atoms with Gasteiger partial charge in [-0.05, 0) is 41.8 Å². The molecule has 0 saturated carbocycles. The Morgan fingerprint density at radius 3 is 2.31 bits per heavy atom. The summed E-state index contributed by atoms with van der Waals surface area (Å²) in [6.07, 6.45) is -3.59. The highest BCUT2D eigenvalue weighted by atomic mass is 19.4. The molecule has 35 heavy (non-hydrogen) atoms. The Hall–Kier alpha value is -4.28. The van der Waals surface area contributed by atoms with E-state index in [0.29, 0.717) is 5.75 Å². The van der Waals surface area contributed by atoms with Gasteiger partial charge in [0.05, 0.1) is 0 Å². The Labute approximate surface area is 198 Å². The third kappa shape index (κ3) is 6.85. The summed E-state index contributed by atoms with van der Waals surface area (Å²) in [5.74, 6) is -1.90. The van der Waals surface area contributed by atoms with Crippen molar-refractivity contribution in [3.05, 3.63) is 71.9 Å². The minimum atomic E-state index is -5.07. The maximum atomic E-state index is 12.5. The molecule has 0 spiro atoms. The smallest absolute Gasteiger partial charge is 0.478 e. The molecule has 3 rings (SSSR count). The number of carbonyl (C=O) groups is 2. The number of hydrogen-bond acceptors (Lipinski definition) is 5. The number of carboxylic acid groups (broad SMARTS) is 1. The van der Waals surface area contributed by atoms with Crippen LogP contribution in [0, 0.1) is 0 Å². The highest BCUT2D eigenvalue weighted by Gasteiger charge is 2.33. The summed E-state index contributed by atoms with van der Waals surface area (Å²) in [5, 5.41) is 14.1. The Morgan fingerprint density at radius 2 is 1.66 bits per heavy atom. The number of anilines is 2. The lowest BCUT2D eigenvalue weighted by atomic mass is 9.86. The van der Waals surface area contributed by atoms with Crippen molar-refractivity contribution in [2.75, 3.05) is 10.6 Å². The number of ether oxygens (including phenoxy) is 2. The molecule has 8 nitrogen and oxygen atoms in total. The van der Waals surface area contributed by atoms with Crippen LogP contribution in [0.1, 0.15) is 36.7 Å². The monoisotopic (exact) mass is 489 g/mol. The first kappa shape index (κ1) is 25.3. The van der Waals surface area contributed by atoms with E-state index in [0.717, 1.165) is 23.8 Å². The number of amides is 2. The van der Waals surface area contributed by atoms with Crippen molar-refractivity contribution in [1.82, 2.24) is 4.98 Å². The predicted molar refractivity (Wildman–Crippen MR) is 122 cm³/mol. The maximum absolute atomic E-state index is 12.5. The van der Waals surface area contributed by atoms with Crippen LogP contribution in [0.4, 0.5) is 29.3 Å². The average molecular weight is 489 g/mol. The first-order valence-corrected chi connectivity index (χ1v) is 10.3. The number of halogens is 3. The van der Waals surface area contributed by atoms with Gasteiger partial charge in [-0.3, -0.25) is 0 Å². The van der Waals surface area contributed by atoms with Crippen molar-refractivity contribution in [3.8, 4) is 17.4 Å². The van der Waals surface area contributed by atoms with Gasteiger partial charge in [0, 0.05) is 17.4 Å². The van der Waals surface area contributed by atoms with E-state index in [4.69, 9.17) is 4.74 Å². The lowest BCUT2D eigenvalue weighted by Crippen LogP contribution is -2.21. The fourth-order valence-electron chi connectivity index (χ4n) is 3.12. The Balaban J connectivity index is 1.79. The van der Waals surface area contributed by atoms with Gasteiger partial charge in [-0.2, -0.15) is 0 Å². The van der Waals surface area contributed by atoms with Crippen molar-refractivity contribution in [1.29, 1.82) is 0 Å². The number of carboxylic acids is 1. The normalized spacial score (nSPS) is 11.5. The summed E-state index contributed by atoms with van der Waals surface area (Å²) in [6, 6.07) is 12.4. The number of benzene rings is 2. The number of nitrogens with one attached hydrogen (secondary N) is 2. The summed E-state index contributed by atoms with van der Waals surface area (Å²) in [6.45, 7) is 6.07. The van der Waals surface area contributed by atoms with Crippen LogP contribution in [0.15, 0.2) is 60.8 Å². The minimum Gasteiger partial charge on any atom is -0.478 e. The number of rotatable bonds is 6. The van der Waals surface area contributed by atoms with Crippen LogP contribution in [0.5, 0.6) is 17.4 Å². The van der Waals surface area contributed by atoms with E-state index in [1.807, 2.05) is 32.9 Å². The summed E-state index contributed by atoms with van der Waals surface area (Å²) in [4.78, 5) is 28.1. The molecule has 0 aliphatic carbocycles. The van der Waals surface area contributed by atoms with Gasteiger partial charge in [0.25, 0.3) is 0 Å². The number of urea groups is 1. The second-order valence-electron chi connectivity index (χ2n) is 8.35. The second kappa shape index (κ2) is 9.92. The number of para-hydroxylation sites is 1. The van der Waals surface area contributed by atoms with E-state index >= 15 is 0 Å². The standard InChI is InChI=1S/C24H22F3N3O5/c1-23(2,3)16-7-4-5-9-19(16)34-20-17(8-6-12-28-20)30-22(33)29-14-10-11-18(35-24(25,26)27)15(13-14)21(31)32/h4-13H,1-3H3,(H,31,32)(H2,29,30,33). The van der Waals surface area contributed by atoms with Crippen molar-refractivity contribution in [3.63, 3.8) is 0 Å². The summed E-state index contributed by atoms with van der Waals surface area (Å²) < 4.78 is 47.2. The van der Waals surface area contributed by atoms with Gasteiger partial charge in [0.1, 0.15) is 22.7 Å². The molecule has 0 aliphatic heterocycles. The van der Waals surface area contributed by atoms with E-state index in [1.165, 1.54) is 6.20 Å². The summed E-state index contributed by atoms with van der Waals surface area (Å²) in [5.41, 5.74) is 0.0657. The van der Waals surface area contributed by atoms with E-state index < -0.39 is 29.7 Å². The topological polar surface area (TPSA) is 110 Å². The molecule has 2 amide bonds. The number of hydrogen-bond donors (Lipinski definition) is 3. The first-order chi connectivity index (χ1) is 16.3. The molecule has 3 aromatic rings. The van der Waals surface area contributed by atoms with Crippen LogP contribution in [0.2, 0.25) is 0 Å². The van der Waals surface area contributed by atoms with Crippen molar-refractivity contribution < 1.29 is 37.3 Å². The zero-order valence-electron chi connectivity index (χ0n) is 18.9. The first-order valence-electron chi connectivity index (χ1n) is 10.3. The summed E-state index contributed by atoms with van der Waals surface area (Å²) in [7, 11) is 0. The van der Waals surface area contributed by atoms with E-state index in [9.17, 15) is 27.9 Å². The molecule has 0 radical (unpaired) electrons. The third-order valence-electron chi connectivity index (χ3n) is 4.61. The highest BCUT2D eigenvalue weighted by Crippen LogP contribution is 2.35. The molecule has 1 heterocycles. The molecule has 0 atom stereocenters. The zero-order valence-corrected chi connectivity index (χ0v) is 18.9. The van der Waals surface area contributed by atoms with E-state index in [1.54, 1.807) is 24.3 Å². The molecule has 3 N–H and O–H groups in total. The van der Waals surface area contributed by atoms with Gasteiger partial charge in [0.2, 0.25) is 5.88 Å². The Kier molecular flexibility index (Phi) is 7.18. The van der Waals surface area contributed by atoms with Crippen molar-refractivity contribution in [2.45, 2.75) is 32.5 Å². The number of aromatic carboxylic acids is 1. The number of aromatic nitrogens is 1. The van der Waals surface area contributed by atoms with Gasteiger partial charge in [-0.1, -0.05) is 39.0 Å². The zero-order chi connectivity index (χ0) is 25.8. The quantitative estimate of drug-likeness (QED) is 0.369.